The first kappa shape index (κ1) is 20.3. The van der Waals surface area contributed by atoms with Crippen LogP contribution in [-0.4, -0.2) is 33.8 Å². The van der Waals surface area contributed by atoms with Crippen molar-refractivity contribution in [1.29, 1.82) is 0 Å². The van der Waals surface area contributed by atoms with E-state index < -0.39 is 23.6 Å². The van der Waals surface area contributed by atoms with Gasteiger partial charge in [0, 0.05) is 19.4 Å². The molecule has 1 amide bonds. The molecule has 0 bridgehead atoms. The number of amides is 1. The van der Waals surface area contributed by atoms with Crippen LogP contribution in [0.25, 0.3) is 0 Å². The predicted octanol–water partition coefficient (Wildman–Crippen LogP) is 3.43. The minimum absolute atomic E-state index is 0.0807. The number of nitrogens with one attached hydrogen (secondary N) is 2. The minimum atomic E-state index is -4.45. The van der Waals surface area contributed by atoms with Gasteiger partial charge in [-0.2, -0.15) is 23.3 Å². The van der Waals surface area contributed by atoms with Gasteiger partial charge in [0.15, 0.2) is 5.82 Å². The summed E-state index contributed by atoms with van der Waals surface area (Å²) in [4.78, 5) is 16.8. The quantitative estimate of drug-likeness (QED) is 0.814. The number of carbonyl (C=O) groups excluding carboxylic acids is 1. The van der Waals surface area contributed by atoms with Crippen LogP contribution in [0.4, 0.5) is 19.1 Å². The van der Waals surface area contributed by atoms with Gasteiger partial charge in [-0.05, 0) is 43.5 Å². The lowest BCUT2D eigenvalue weighted by Crippen LogP contribution is -2.27. The van der Waals surface area contributed by atoms with Crippen LogP contribution in [0.1, 0.15) is 55.0 Å². The lowest BCUT2D eigenvalue weighted by Gasteiger charge is -2.19. The van der Waals surface area contributed by atoms with E-state index in [4.69, 9.17) is 0 Å². The second-order valence-corrected chi connectivity index (χ2v) is 7.18. The molecule has 0 spiro atoms. The molecule has 3 rings (SSSR count). The third-order valence-electron chi connectivity index (χ3n) is 5.02. The van der Waals surface area contributed by atoms with Gasteiger partial charge in [-0.3, -0.25) is 10.1 Å². The summed E-state index contributed by atoms with van der Waals surface area (Å²) < 4.78 is 41.1. The molecule has 1 saturated heterocycles. The fraction of sp³-hybridized carbons (Fsp3) is 0.526. The van der Waals surface area contributed by atoms with Crippen molar-refractivity contribution in [2.75, 3.05) is 18.4 Å². The Morgan fingerprint density at radius 1 is 1.32 bits per heavy atom. The van der Waals surface area contributed by atoms with Gasteiger partial charge in [-0.25, -0.2) is 4.68 Å². The number of anilines is 1. The molecule has 0 saturated carbocycles. The number of halogens is 3. The van der Waals surface area contributed by atoms with Crippen LogP contribution >= 0.6 is 0 Å². The fourth-order valence-corrected chi connectivity index (χ4v) is 3.51. The molecule has 2 N–H and O–H groups in total. The summed E-state index contributed by atoms with van der Waals surface area (Å²) in [6.07, 6.45) is -2.66. The third kappa shape index (κ3) is 4.70. The van der Waals surface area contributed by atoms with Gasteiger partial charge in [0.1, 0.15) is 0 Å². The second kappa shape index (κ2) is 8.30. The maximum Gasteiger partial charge on any atom is 0.416 e. The molecule has 6 nitrogen and oxygen atoms in total. The zero-order chi connectivity index (χ0) is 20.3. The van der Waals surface area contributed by atoms with Crippen molar-refractivity contribution in [3.8, 4) is 0 Å². The normalized spacial score (nSPS) is 16.8. The molecule has 0 radical (unpaired) electrons. The minimum Gasteiger partial charge on any atom is -0.317 e. The van der Waals surface area contributed by atoms with Gasteiger partial charge >= 0.3 is 6.18 Å². The number of rotatable bonds is 5. The van der Waals surface area contributed by atoms with Crippen LogP contribution in [0.5, 0.6) is 0 Å². The average molecular weight is 395 g/mol. The summed E-state index contributed by atoms with van der Waals surface area (Å²) >= 11 is 0. The lowest BCUT2D eigenvalue weighted by molar-refractivity contribution is -0.138. The molecule has 1 unspecified atom stereocenters. The summed E-state index contributed by atoms with van der Waals surface area (Å²) in [6, 6.07) is 5.35. The van der Waals surface area contributed by atoms with Gasteiger partial charge in [0.25, 0.3) is 0 Å². The number of hydrogen-bond acceptors (Lipinski definition) is 4. The Kier molecular flexibility index (Phi) is 6.02. The molecule has 0 aliphatic carbocycles. The Morgan fingerprint density at radius 2 is 2.00 bits per heavy atom. The molecule has 1 aromatic heterocycles. The first-order chi connectivity index (χ1) is 13.3. The molecule has 1 aromatic carbocycles. The summed E-state index contributed by atoms with van der Waals surface area (Å²) in [7, 11) is 1.69. The topological polar surface area (TPSA) is 71.8 Å². The van der Waals surface area contributed by atoms with Crippen LogP contribution in [0.3, 0.4) is 0 Å². The Bertz CT molecular complexity index is 827. The summed E-state index contributed by atoms with van der Waals surface area (Å²) in [6.45, 7) is 3.42. The highest BCUT2D eigenvalue weighted by molar-refractivity contribution is 5.89. The lowest BCUT2D eigenvalue weighted by atomic mass is 9.92. The summed E-state index contributed by atoms with van der Waals surface area (Å²) in [5.41, 5.74) is -0.597. The van der Waals surface area contributed by atoms with Crippen molar-refractivity contribution in [3.05, 3.63) is 41.2 Å². The van der Waals surface area contributed by atoms with E-state index in [1.165, 1.54) is 16.8 Å². The Balaban J connectivity index is 1.67. The first-order valence-electron chi connectivity index (χ1n) is 9.33. The van der Waals surface area contributed by atoms with Crippen LogP contribution in [-0.2, 0) is 18.0 Å². The van der Waals surface area contributed by atoms with E-state index in [1.807, 2.05) is 0 Å². The van der Waals surface area contributed by atoms with E-state index in [9.17, 15) is 18.0 Å². The summed E-state index contributed by atoms with van der Waals surface area (Å²) in [5, 5.41) is 10.3. The summed E-state index contributed by atoms with van der Waals surface area (Å²) in [5.74, 6) is 0.270. The molecule has 1 aliphatic heterocycles. The Morgan fingerprint density at radius 3 is 2.68 bits per heavy atom. The highest BCUT2D eigenvalue weighted by Gasteiger charge is 2.34. The maximum absolute atomic E-state index is 13.2. The van der Waals surface area contributed by atoms with Crippen LogP contribution in [0, 0.1) is 0 Å². The molecule has 9 heteroatoms. The van der Waals surface area contributed by atoms with Crippen molar-refractivity contribution in [1.82, 2.24) is 20.1 Å². The number of aryl methyl sites for hydroxylation is 1. The number of hydrogen-bond donors (Lipinski definition) is 2. The van der Waals surface area contributed by atoms with E-state index >= 15 is 0 Å². The average Bonchev–Trinajstić information content (AvgIpc) is 3.02. The standard InChI is InChI=1S/C19H24F3N5O/c1-12(14-5-3-4-6-15(14)19(20,21)22)11-16(28)24-18-25-17(26-27(18)2)13-7-9-23-10-8-13/h3-6,12-13,23H,7-11H2,1-2H3,(H,24,25,26,28). The van der Waals surface area contributed by atoms with Crippen molar-refractivity contribution in [2.45, 2.75) is 44.2 Å². The molecule has 2 heterocycles. The zero-order valence-corrected chi connectivity index (χ0v) is 15.9. The van der Waals surface area contributed by atoms with E-state index in [1.54, 1.807) is 20.0 Å². The van der Waals surface area contributed by atoms with Crippen molar-refractivity contribution >= 4 is 11.9 Å². The number of alkyl halides is 3. The SMILES string of the molecule is CC(CC(=O)Nc1nc(C2CCNCC2)nn1C)c1ccccc1C(F)(F)F. The van der Waals surface area contributed by atoms with E-state index in [0.717, 1.165) is 32.0 Å². The van der Waals surface area contributed by atoms with Crippen molar-refractivity contribution in [2.24, 2.45) is 7.05 Å². The van der Waals surface area contributed by atoms with E-state index in [-0.39, 0.29) is 17.9 Å². The fourth-order valence-electron chi connectivity index (χ4n) is 3.51. The molecular weight excluding hydrogens is 371 g/mol. The molecular formula is C19H24F3N5O. The molecule has 2 aromatic rings. The molecule has 152 valence electrons. The van der Waals surface area contributed by atoms with E-state index in [0.29, 0.717) is 11.8 Å². The predicted molar refractivity (Wildman–Crippen MR) is 99.0 cm³/mol. The molecule has 1 fully saturated rings. The van der Waals surface area contributed by atoms with Crippen molar-refractivity contribution < 1.29 is 18.0 Å². The molecule has 28 heavy (non-hydrogen) atoms. The number of nitrogens with zero attached hydrogens (tertiary/aromatic N) is 3. The number of aromatic nitrogens is 3. The van der Waals surface area contributed by atoms with Crippen LogP contribution in [0.2, 0.25) is 0 Å². The van der Waals surface area contributed by atoms with Gasteiger partial charge in [0.2, 0.25) is 11.9 Å². The number of benzene rings is 1. The molecule has 1 aliphatic rings. The Hall–Kier alpha value is -2.42. The van der Waals surface area contributed by atoms with E-state index in [2.05, 4.69) is 20.7 Å². The number of carbonyl (C=O) groups is 1. The van der Waals surface area contributed by atoms with Crippen LogP contribution in [0.15, 0.2) is 24.3 Å². The number of piperidine rings is 1. The van der Waals surface area contributed by atoms with Crippen LogP contribution < -0.4 is 10.6 Å². The largest absolute Gasteiger partial charge is 0.416 e. The van der Waals surface area contributed by atoms with Gasteiger partial charge in [-0.15, -0.1) is 0 Å². The monoisotopic (exact) mass is 395 g/mol. The second-order valence-electron chi connectivity index (χ2n) is 7.18. The zero-order valence-electron chi connectivity index (χ0n) is 15.9. The Labute approximate surface area is 161 Å². The highest BCUT2D eigenvalue weighted by Crippen LogP contribution is 2.36. The highest BCUT2D eigenvalue weighted by atomic mass is 19.4. The van der Waals surface area contributed by atoms with Gasteiger partial charge < -0.3 is 5.32 Å². The van der Waals surface area contributed by atoms with Gasteiger partial charge in [0.05, 0.1) is 5.56 Å². The van der Waals surface area contributed by atoms with Gasteiger partial charge in [-0.1, -0.05) is 25.1 Å². The smallest absolute Gasteiger partial charge is 0.317 e. The first-order valence-corrected chi connectivity index (χ1v) is 9.33. The maximum atomic E-state index is 13.2. The van der Waals surface area contributed by atoms with Crippen molar-refractivity contribution in [3.63, 3.8) is 0 Å². The molecule has 1 atom stereocenters. The third-order valence-corrected chi connectivity index (χ3v) is 5.02.